The van der Waals surface area contributed by atoms with Gasteiger partial charge in [-0.3, -0.25) is 9.59 Å². The maximum Gasteiger partial charge on any atom is 0.308 e. The number of para-hydroxylation sites is 1. The van der Waals surface area contributed by atoms with Gasteiger partial charge in [0.25, 0.3) is 5.91 Å². The maximum atomic E-state index is 12.5. The molecule has 5 heteroatoms. The number of carboxylic acids is 1. The lowest BCUT2D eigenvalue weighted by Gasteiger charge is -2.19. The third-order valence-electron chi connectivity index (χ3n) is 3.30. The minimum absolute atomic E-state index is 0.0192. The second-order valence-electron chi connectivity index (χ2n) is 5.24. The zero-order valence-electron chi connectivity index (χ0n) is 11.7. The molecule has 1 aliphatic heterocycles. The van der Waals surface area contributed by atoms with Gasteiger partial charge < -0.3 is 14.7 Å². The van der Waals surface area contributed by atoms with Crippen LogP contribution in [0.1, 0.15) is 30.6 Å². The molecule has 20 heavy (non-hydrogen) atoms. The van der Waals surface area contributed by atoms with Crippen LogP contribution >= 0.6 is 0 Å². The quantitative estimate of drug-likeness (QED) is 0.914. The number of carboxylic acid groups (broad SMARTS) is 1. The number of amides is 1. The molecule has 0 bridgehead atoms. The summed E-state index contributed by atoms with van der Waals surface area (Å²) in [4.78, 5) is 25.0. The van der Waals surface area contributed by atoms with Crippen LogP contribution in [0, 0.1) is 5.92 Å². The minimum atomic E-state index is -0.841. The molecule has 1 unspecified atom stereocenters. The average molecular weight is 277 g/mol. The Labute approximate surface area is 118 Å². The van der Waals surface area contributed by atoms with E-state index in [4.69, 9.17) is 9.84 Å². The van der Waals surface area contributed by atoms with E-state index >= 15 is 0 Å². The first-order valence-electron chi connectivity index (χ1n) is 6.76. The van der Waals surface area contributed by atoms with Crippen molar-refractivity contribution in [2.45, 2.75) is 26.4 Å². The molecule has 5 nitrogen and oxygen atoms in total. The lowest BCUT2D eigenvalue weighted by Crippen LogP contribution is -2.30. The number of carbonyl (C=O) groups is 2. The molecule has 0 saturated carbocycles. The van der Waals surface area contributed by atoms with Crippen LogP contribution < -0.4 is 4.74 Å². The predicted octanol–water partition coefficient (Wildman–Crippen LogP) is 2.02. The molecule has 1 saturated heterocycles. The first-order valence-corrected chi connectivity index (χ1v) is 6.76. The van der Waals surface area contributed by atoms with Crippen molar-refractivity contribution in [2.24, 2.45) is 5.92 Å². The van der Waals surface area contributed by atoms with Crippen molar-refractivity contribution >= 4 is 11.9 Å². The molecule has 1 amide bonds. The van der Waals surface area contributed by atoms with Gasteiger partial charge in [-0.15, -0.1) is 0 Å². The smallest absolute Gasteiger partial charge is 0.308 e. The molecule has 0 aromatic heterocycles. The normalized spacial score (nSPS) is 18.4. The zero-order chi connectivity index (χ0) is 14.7. The fourth-order valence-corrected chi connectivity index (χ4v) is 2.32. The van der Waals surface area contributed by atoms with E-state index in [9.17, 15) is 9.59 Å². The molecule has 1 aromatic rings. The van der Waals surface area contributed by atoms with Crippen molar-refractivity contribution in [1.29, 1.82) is 0 Å². The van der Waals surface area contributed by atoms with Crippen molar-refractivity contribution in [1.82, 2.24) is 4.90 Å². The van der Waals surface area contributed by atoms with Gasteiger partial charge in [0.05, 0.1) is 17.6 Å². The summed E-state index contributed by atoms with van der Waals surface area (Å²) in [7, 11) is 0. The Morgan fingerprint density at radius 3 is 2.65 bits per heavy atom. The number of nitrogens with zero attached hydrogens (tertiary/aromatic N) is 1. The molecule has 108 valence electrons. The van der Waals surface area contributed by atoms with Crippen LogP contribution in [0.4, 0.5) is 0 Å². The fourth-order valence-electron chi connectivity index (χ4n) is 2.32. The van der Waals surface area contributed by atoms with E-state index in [0.29, 0.717) is 24.3 Å². The Morgan fingerprint density at radius 2 is 2.05 bits per heavy atom. The molecule has 1 fully saturated rings. The molecule has 1 N–H and O–H groups in total. The SMILES string of the molecule is CC(C)Oc1ccccc1C(=O)N1CCC(C(=O)O)C1. The summed E-state index contributed by atoms with van der Waals surface area (Å²) in [5, 5.41) is 8.99. The van der Waals surface area contributed by atoms with Gasteiger partial charge in [0.1, 0.15) is 5.75 Å². The van der Waals surface area contributed by atoms with Crippen LogP contribution in [0.2, 0.25) is 0 Å². The van der Waals surface area contributed by atoms with Crippen LogP contribution in [0.5, 0.6) is 5.75 Å². The molecule has 2 rings (SSSR count). The number of hydrogen-bond acceptors (Lipinski definition) is 3. The largest absolute Gasteiger partial charge is 0.490 e. The van der Waals surface area contributed by atoms with E-state index in [2.05, 4.69) is 0 Å². The zero-order valence-corrected chi connectivity index (χ0v) is 11.7. The highest BCUT2D eigenvalue weighted by molar-refractivity contribution is 5.97. The van der Waals surface area contributed by atoms with Crippen LogP contribution in [0.15, 0.2) is 24.3 Å². The minimum Gasteiger partial charge on any atom is -0.490 e. The van der Waals surface area contributed by atoms with E-state index in [1.165, 1.54) is 0 Å². The lowest BCUT2D eigenvalue weighted by atomic mass is 10.1. The van der Waals surface area contributed by atoms with Crippen molar-refractivity contribution in [2.75, 3.05) is 13.1 Å². The Hall–Kier alpha value is -2.04. The standard InChI is InChI=1S/C15H19NO4/c1-10(2)20-13-6-4-3-5-12(13)14(17)16-8-7-11(9-16)15(18)19/h3-6,10-11H,7-9H2,1-2H3,(H,18,19). The van der Waals surface area contributed by atoms with E-state index in [0.717, 1.165) is 0 Å². The Balaban J connectivity index is 2.16. The molecule has 1 aromatic carbocycles. The summed E-state index contributed by atoms with van der Waals surface area (Å²) in [6.07, 6.45) is 0.489. The third-order valence-corrected chi connectivity index (χ3v) is 3.30. The summed E-state index contributed by atoms with van der Waals surface area (Å²) in [5.41, 5.74) is 0.493. The van der Waals surface area contributed by atoms with E-state index in [-0.39, 0.29) is 18.6 Å². The van der Waals surface area contributed by atoms with Crippen LogP contribution in [0.3, 0.4) is 0 Å². The maximum absolute atomic E-state index is 12.5. The van der Waals surface area contributed by atoms with Crippen molar-refractivity contribution in [3.8, 4) is 5.75 Å². The Bertz CT molecular complexity index is 512. The monoisotopic (exact) mass is 277 g/mol. The predicted molar refractivity (Wildman–Crippen MR) is 73.9 cm³/mol. The fraction of sp³-hybridized carbons (Fsp3) is 0.467. The van der Waals surface area contributed by atoms with Crippen molar-refractivity contribution < 1.29 is 19.4 Å². The molecule has 0 radical (unpaired) electrons. The average Bonchev–Trinajstić information content (AvgIpc) is 2.87. The van der Waals surface area contributed by atoms with Crippen LogP contribution in [0.25, 0.3) is 0 Å². The number of likely N-dealkylation sites (tertiary alicyclic amines) is 1. The summed E-state index contributed by atoms with van der Waals surface area (Å²) in [6, 6.07) is 7.08. The molecule has 0 aliphatic carbocycles. The van der Waals surface area contributed by atoms with E-state index in [1.54, 1.807) is 23.1 Å². The summed E-state index contributed by atoms with van der Waals surface area (Å²) in [5.74, 6) is -0.916. The summed E-state index contributed by atoms with van der Waals surface area (Å²) < 4.78 is 5.64. The molecular formula is C15H19NO4. The topological polar surface area (TPSA) is 66.8 Å². The van der Waals surface area contributed by atoms with E-state index < -0.39 is 11.9 Å². The van der Waals surface area contributed by atoms with Crippen LogP contribution in [-0.2, 0) is 4.79 Å². The van der Waals surface area contributed by atoms with Gasteiger partial charge in [0.15, 0.2) is 0 Å². The first-order chi connectivity index (χ1) is 9.49. The molecular weight excluding hydrogens is 258 g/mol. The van der Waals surface area contributed by atoms with Crippen LogP contribution in [-0.4, -0.2) is 41.1 Å². The second-order valence-corrected chi connectivity index (χ2v) is 5.24. The number of ether oxygens (including phenoxy) is 1. The van der Waals surface area contributed by atoms with Crippen molar-refractivity contribution in [3.63, 3.8) is 0 Å². The van der Waals surface area contributed by atoms with Gasteiger partial charge in [-0.05, 0) is 32.4 Å². The lowest BCUT2D eigenvalue weighted by molar-refractivity contribution is -0.141. The Morgan fingerprint density at radius 1 is 1.35 bits per heavy atom. The Kier molecular flexibility index (Phi) is 4.27. The van der Waals surface area contributed by atoms with Gasteiger partial charge in [0.2, 0.25) is 0 Å². The van der Waals surface area contributed by atoms with E-state index in [1.807, 2.05) is 19.9 Å². The van der Waals surface area contributed by atoms with Gasteiger partial charge >= 0.3 is 5.97 Å². The van der Waals surface area contributed by atoms with Gasteiger partial charge in [0, 0.05) is 13.1 Å². The third kappa shape index (κ3) is 3.10. The first kappa shape index (κ1) is 14.4. The van der Waals surface area contributed by atoms with Gasteiger partial charge in [-0.1, -0.05) is 12.1 Å². The summed E-state index contributed by atoms with van der Waals surface area (Å²) >= 11 is 0. The molecule has 1 heterocycles. The number of aliphatic carboxylic acids is 1. The summed E-state index contributed by atoms with van der Waals surface area (Å²) in [6.45, 7) is 4.55. The van der Waals surface area contributed by atoms with Gasteiger partial charge in [-0.25, -0.2) is 0 Å². The number of rotatable bonds is 4. The number of hydrogen-bond donors (Lipinski definition) is 1. The highest BCUT2D eigenvalue weighted by atomic mass is 16.5. The van der Waals surface area contributed by atoms with Gasteiger partial charge in [-0.2, -0.15) is 0 Å². The highest BCUT2D eigenvalue weighted by Crippen LogP contribution is 2.24. The number of carbonyl (C=O) groups excluding carboxylic acids is 1. The second kappa shape index (κ2) is 5.94. The highest BCUT2D eigenvalue weighted by Gasteiger charge is 2.32. The molecule has 0 spiro atoms. The van der Waals surface area contributed by atoms with Crippen molar-refractivity contribution in [3.05, 3.63) is 29.8 Å². The molecule has 1 atom stereocenters. The number of benzene rings is 1. The molecule has 1 aliphatic rings.